The van der Waals surface area contributed by atoms with Gasteiger partial charge in [0.25, 0.3) is 0 Å². The molecule has 41 heavy (non-hydrogen) atoms. The summed E-state index contributed by atoms with van der Waals surface area (Å²) in [6.07, 6.45) is 5.92. The van der Waals surface area contributed by atoms with Gasteiger partial charge in [-0.2, -0.15) is 14.9 Å². The Morgan fingerprint density at radius 1 is 1.20 bits per heavy atom. The smallest absolute Gasteiger partial charge is 0.177 e. The predicted octanol–water partition coefficient (Wildman–Crippen LogP) is 5.02. The molecule has 1 saturated heterocycles. The van der Waals surface area contributed by atoms with Crippen LogP contribution in [0.25, 0.3) is 16.9 Å². The highest BCUT2D eigenvalue weighted by Gasteiger charge is 2.41. The topological polar surface area (TPSA) is 90.5 Å². The van der Waals surface area contributed by atoms with Crippen molar-refractivity contribution in [3.63, 3.8) is 0 Å². The minimum atomic E-state index is -1.49. The zero-order valence-electron chi connectivity index (χ0n) is 25.8. The maximum atomic E-state index is 12.1. The number of fused-ring (bicyclic) bond motifs is 1. The molecule has 1 aliphatic heterocycles. The van der Waals surface area contributed by atoms with Gasteiger partial charge >= 0.3 is 0 Å². The van der Waals surface area contributed by atoms with Crippen molar-refractivity contribution < 1.29 is 14.6 Å². The zero-order valence-corrected chi connectivity index (χ0v) is 27.8. The van der Waals surface area contributed by atoms with Crippen molar-refractivity contribution in [3.8, 4) is 17.3 Å². The van der Waals surface area contributed by atoms with Crippen molar-refractivity contribution in [3.05, 3.63) is 30.1 Å². The van der Waals surface area contributed by atoms with E-state index in [4.69, 9.17) is 24.7 Å². The molecule has 0 spiro atoms. The van der Waals surface area contributed by atoms with Crippen LogP contribution in [0.5, 0.6) is 0 Å². The van der Waals surface area contributed by atoms with E-state index in [1.807, 2.05) is 18.5 Å². The summed E-state index contributed by atoms with van der Waals surface area (Å²) in [6, 6.07) is 5.31. The number of rotatable bonds is 8. The van der Waals surface area contributed by atoms with Crippen LogP contribution in [0.4, 0.5) is 5.82 Å². The van der Waals surface area contributed by atoms with Crippen molar-refractivity contribution in [2.75, 3.05) is 31.3 Å². The number of nitrogens with zero attached hydrogens (tertiary/aromatic N) is 6. The van der Waals surface area contributed by atoms with E-state index in [0.717, 1.165) is 42.4 Å². The summed E-state index contributed by atoms with van der Waals surface area (Å²) in [5.74, 6) is 5.21. The van der Waals surface area contributed by atoms with E-state index in [1.165, 1.54) is 0 Å². The average molecular weight is 595 g/mol. The first kappa shape index (κ1) is 30.0. The van der Waals surface area contributed by atoms with Crippen molar-refractivity contribution in [1.29, 1.82) is 0 Å². The summed E-state index contributed by atoms with van der Waals surface area (Å²) in [5.41, 5.74) is 4.12. The molecule has 2 unspecified atom stereocenters. The van der Waals surface area contributed by atoms with Gasteiger partial charge in [0, 0.05) is 44.8 Å². The Kier molecular flexibility index (Phi) is 8.52. The minimum absolute atomic E-state index is 0.180. The van der Waals surface area contributed by atoms with Gasteiger partial charge in [-0.05, 0) is 43.9 Å². The molecular weight excluding hydrogens is 549 g/mol. The lowest BCUT2D eigenvalue weighted by molar-refractivity contribution is 0.0436. The van der Waals surface area contributed by atoms with Gasteiger partial charge in [-0.3, -0.25) is 0 Å². The van der Waals surface area contributed by atoms with Crippen LogP contribution in [-0.2, 0) is 21.8 Å². The molecule has 0 amide bonds. The number of aliphatic hydroxyl groups is 1. The molecule has 9 nitrogen and oxygen atoms in total. The molecule has 1 aliphatic carbocycles. The van der Waals surface area contributed by atoms with Crippen molar-refractivity contribution in [1.82, 2.24) is 24.5 Å². The summed E-state index contributed by atoms with van der Waals surface area (Å²) in [5, 5.41) is 22.5. The van der Waals surface area contributed by atoms with E-state index in [9.17, 15) is 5.11 Å². The Bertz CT molecular complexity index is 1430. The molecule has 1 N–H and O–H groups in total. The van der Waals surface area contributed by atoms with E-state index in [2.05, 4.69) is 68.6 Å². The molecule has 2 aliphatic rings. The summed E-state index contributed by atoms with van der Waals surface area (Å²) in [4.78, 5) is 7.38. The van der Waals surface area contributed by atoms with Crippen LogP contribution in [0.1, 0.15) is 31.7 Å². The van der Waals surface area contributed by atoms with E-state index in [-0.39, 0.29) is 12.0 Å². The second kappa shape index (κ2) is 11.6. The molecule has 0 aromatic carbocycles. The first-order valence-electron chi connectivity index (χ1n) is 14.9. The monoisotopic (exact) mass is 594 g/mol. The minimum Gasteiger partial charge on any atom is -0.385 e. The van der Waals surface area contributed by atoms with E-state index >= 15 is 0 Å². The normalized spacial score (nSPS) is 23.7. The third-order valence-electron chi connectivity index (χ3n) is 7.90. The first-order valence-corrected chi connectivity index (χ1v) is 22.1. The molecule has 0 bridgehead atoms. The number of anilines is 1. The largest absolute Gasteiger partial charge is 0.385 e. The van der Waals surface area contributed by atoms with Crippen molar-refractivity contribution >= 4 is 33.0 Å². The number of hydrogen-bond acceptors (Lipinski definition) is 7. The quantitative estimate of drug-likeness (QED) is 0.222. The molecule has 3 aromatic heterocycles. The van der Waals surface area contributed by atoms with Crippen LogP contribution in [0.2, 0.25) is 45.3 Å². The van der Waals surface area contributed by atoms with Crippen LogP contribution in [0.3, 0.4) is 0 Å². The number of morpholine rings is 1. The molecule has 3 atom stereocenters. The summed E-state index contributed by atoms with van der Waals surface area (Å²) in [6.45, 7) is 19.2. The molecule has 5 rings (SSSR count). The Balaban J connectivity index is 1.49. The highest BCUT2D eigenvalue weighted by Crippen LogP contribution is 2.45. The van der Waals surface area contributed by atoms with Gasteiger partial charge in [0.15, 0.2) is 11.5 Å². The number of hydrogen-bond donors (Lipinski definition) is 1. The molecule has 0 radical (unpaired) electrons. The fourth-order valence-corrected chi connectivity index (χ4v) is 6.93. The molecule has 1 saturated carbocycles. The van der Waals surface area contributed by atoms with Gasteiger partial charge in [0.1, 0.15) is 20.6 Å². The van der Waals surface area contributed by atoms with Crippen LogP contribution < -0.4 is 4.90 Å². The Morgan fingerprint density at radius 3 is 2.73 bits per heavy atom. The van der Waals surface area contributed by atoms with Gasteiger partial charge in [-0.1, -0.05) is 39.3 Å². The summed E-state index contributed by atoms with van der Waals surface area (Å²) in [7, 11) is -2.63. The van der Waals surface area contributed by atoms with Crippen LogP contribution >= 0.6 is 0 Å². The number of aromatic nitrogens is 5. The SMILES string of the molecule is C[C@@H]1COCCN1c1cc(C2(O)CCC(C#C[Si](C)(C)C)C2)c2cnn(-c3ccn(COCC[Si](C)(C)C)n3)c2n1. The van der Waals surface area contributed by atoms with Gasteiger partial charge in [-0.15, -0.1) is 11.5 Å². The third kappa shape index (κ3) is 7.12. The summed E-state index contributed by atoms with van der Waals surface area (Å²) >= 11 is 0. The highest BCUT2D eigenvalue weighted by atomic mass is 28.3. The number of ether oxygens (including phenoxy) is 2. The number of pyridine rings is 1. The fourth-order valence-electron chi connectivity index (χ4n) is 5.54. The zero-order chi connectivity index (χ0) is 29.4. The standard InChI is InChI=1S/C30H46N6O3Si2/c1-23-21-38-14-13-35(23)28-18-26(30(37)11-8-24(19-30)10-16-40(2,3)4)25-20-31-36(29(25)32-28)27-9-12-34(33-27)22-39-15-17-41(5,6)7/h9,12,18,20,23-24,37H,8,11,13-15,17,19,21-22H2,1-7H3/t23-,24?,30?/m1/s1. The van der Waals surface area contributed by atoms with E-state index < -0.39 is 21.7 Å². The fraction of sp³-hybridized carbons (Fsp3) is 0.633. The lowest BCUT2D eigenvalue weighted by Gasteiger charge is -2.35. The first-order chi connectivity index (χ1) is 19.3. The molecular formula is C30H46N6O3Si2. The molecule has 222 valence electrons. The maximum absolute atomic E-state index is 12.1. The van der Waals surface area contributed by atoms with E-state index in [0.29, 0.717) is 44.3 Å². The average Bonchev–Trinajstić information content (AvgIpc) is 3.63. The lowest BCUT2D eigenvalue weighted by atomic mass is 9.89. The van der Waals surface area contributed by atoms with E-state index in [1.54, 1.807) is 9.36 Å². The highest BCUT2D eigenvalue weighted by molar-refractivity contribution is 6.83. The van der Waals surface area contributed by atoms with Gasteiger partial charge in [0.05, 0.1) is 31.1 Å². The molecule has 4 heterocycles. The second-order valence-electron chi connectivity index (χ2n) is 14.0. The second-order valence-corrected chi connectivity index (χ2v) is 24.4. The predicted molar refractivity (Wildman–Crippen MR) is 169 cm³/mol. The van der Waals surface area contributed by atoms with Crippen LogP contribution in [-0.4, -0.2) is 78.2 Å². The maximum Gasteiger partial charge on any atom is 0.177 e. The Hall–Kier alpha value is -2.50. The summed E-state index contributed by atoms with van der Waals surface area (Å²) < 4.78 is 15.2. The lowest BCUT2D eigenvalue weighted by Crippen LogP contribution is -2.44. The third-order valence-corrected chi connectivity index (χ3v) is 10.5. The Morgan fingerprint density at radius 2 is 2.00 bits per heavy atom. The van der Waals surface area contributed by atoms with Crippen LogP contribution in [0.15, 0.2) is 24.5 Å². The van der Waals surface area contributed by atoms with Gasteiger partial charge < -0.3 is 19.5 Å². The Labute approximate surface area is 246 Å². The van der Waals surface area contributed by atoms with Crippen molar-refractivity contribution in [2.45, 2.75) is 89.9 Å². The molecule has 11 heteroatoms. The molecule has 3 aromatic rings. The van der Waals surface area contributed by atoms with Crippen molar-refractivity contribution in [2.24, 2.45) is 5.92 Å². The van der Waals surface area contributed by atoms with Gasteiger partial charge in [-0.25, -0.2) is 9.67 Å². The molecule has 2 fully saturated rings. The van der Waals surface area contributed by atoms with Crippen LogP contribution in [0, 0.1) is 17.4 Å². The van der Waals surface area contributed by atoms with Gasteiger partial charge in [0.2, 0.25) is 0 Å².